The molecule has 2 heteroatoms. The number of fused-ring (bicyclic) bond motifs is 1. The van der Waals surface area contributed by atoms with Crippen LogP contribution in [0.4, 0.5) is 0 Å². The van der Waals surface area contributed by atoms with Gasteiger partial charge >= 0.3 is 0 Å². The van der Waals surface area contributed by atoms with Gasteiger partial charge in [-0.1, -0.05) is 24.3 Å². The summed E-state index contributed by atoms with van der Waals surface area (Å²) in [7, 11) is 0. The standard InChI is InChI=1S/C14H9N2/c1-2-4-11(5-3-1)14-13-7-8-15-10-12(13)6-9-16-14/h2-10H. The Hall–Kier alpha value is -2.22. The summed E-state index contributed by atoms with van der Waals surface area (Å²) in [6, 6.07) is 14.8. The average molecular weight is 205 g/mol. The topological polar surface area (TPSA) is 25.8 Å². The van der Waals surface area contributed by atoms with Crippen molar-refractivity contribution >= 4 is 10.8 Å². The third-order valence-electron chi connectivity index (χ3n) is 2.56. The first kappa shape index (κ1) is 9.04. The first-order chi connectivity index (χ1) is 7.95. The Morgan fingerprint density at radius 1 is 0.938 bits per heavy atom. The van der Waals surface area contributed by atoms with Crippen LogP contribution in [0.3, 0.4) is 0 Å². The highest BCUT2D eigenvalue weighted by atomic mass is 14.7. The molecule has 2 nitrogen and oxygen atoms in total. The van der Waals surface area contributed by atoms with Crippen molar-refractivity contribution in [2.75, 3.05) is 0 Å². The molecule has 0 saturated heterocycles. The molecule has 75 valence electrons. The van der Waals surface area contributed by atoms with Crippen molar-refractivity contribution in [1.29, 1.82) is 0 Å². The Morgan fingerprint density at radius 3 is 2.69 bits per heavy atom. The number of aromatic nitrogens is 2. The van der Waals surface area contributed by atoms with Gasteiger partial charge in [-0.15, -0.1) is 0 Å². The third-order valence-corrected chi connectivity index (χ3v) is 2.56. The van der Waals surface area contributed by atoms with Crippen LogP contribution >= 0.6 is 0 Å². The molecule has 0 N–H and O–H groups in total. The molecule has 0 saturated carbocycles. The molecule has 2 heterocycles. The quantitative estimate of drug-likeness (QED) is 0.610. The van der Waals surface area contributed by atoms with Gasteiger partial charge in [-0.05, 0) is 18.2 Å². The largest absolute Gasteiger partial charge is 0.264 e. The zero-order valence-corrected chi connectivity index (χ0v) is 8.59. The van der Waals surface area contributed by atoms with Crippen molar-refractivity contribution < 1.29 is 0 Å². The summed E-state index contributed by atoms with van der Waals surface area (Å²) in [5.74, 6) is 0. The maximum atomic E-state index is 4.44. The van der Waals surface area contributed by atoms with Gasteiger partial charge in [-0.3, -0.25) is 9.97 Å². The number of pyridine rings is 2. The third kappa shape index (κ3) is 1.44. The summed E-state index contributed by atoms with van der Waals surface area (Å²) in [6.45, 7) is 0. The number of hydrogen-bond acceptors (Lipinski definition) is 2. The molecule has 3 aromatic rings. The minimum Gasteiger partial charge on any atom is -0.264 e. The van der Waals surface area contributed by atoms with E-state index in [1.54, 1.807) is 6.20 Å². The monoisotopic (exact) mass is 205 g/mol. The summed E-state index contributed by atoms with van der Waals surface area (Å²) in [4.78, 5) is 8.55. The van der Waals surface area contributed by atoms with Crippen molar-refractivity contribution in [3.8, 4) is 11.3 Å². The lowest BCUT2D eigenvalue weighted by Crippen LogP contribution is -1.85. The Bertz CT molecular complexity index is 612. The fourth-order valence-electron chi connectivity index (χ4n) is 1.79. The van der Waals surface area contributed by atoms with E-state index < -0.39 is 0 Å². The molecule has 0 fully saturated rings. The Kier molecular flexibility index (Phi) is 2.11. The minimum absolute atomic E-state index is 0.994. The molecule has 0 bridgehead atoms. The fourth-order valence-corrected chi connectivity index (χ4v) is 1.79. The van der Waals surface area contributed by atoms with Gasteiger partial charge in [0.15, 0.2) is 0 Å². The summed E-state index contributed by atoms with van der Waals surface area (Å²) in [5, 5.41) is 2.24. The van der Waals surface area contributed by atoms with Crippen molar-refractivity contribution in [3.63, 3.8) is 0 Å². The SMILES string of the molecule is [c]1ccc(-c2nccc3cnccc23)cc1. The maximum absolute atomic E-state index is 4.44. The van der Waals surface area contributed by atoms with Crippen LogP contribution in [0.2, 0.25) is 0 Å². The molecule has 0 aliphatic heterocycles. The second-order valence-electron chi connectivity index (χ2n) is 3.55. The van der Waals surface area contributed by atoms with E-state index in [9.17, 15) is 0 Å². The normalized spacial score (nSPS) is 10.5. The smallest absolute Gasteiger partial charge is 0.0781 e. The van der Waals surface area contributed by atoms with Gasteiger partial charge in [0.05, 0.1) is 5.69 Å². The average Bonchev–Trinajstić information content (AvgIpc) is 2.39. The predicted molar refractivity (Wildman–Crippen MR) is 63.8 cm³/mol. The lowest BCUT2D eigenvalue weighted by molar-refractivity contribution is 1.32. The molecule has 16 heavy (non-hydrogen) atoms. The maximum Gasteiger partial charge on any atom is 0.0781 e. The second-order valence-corrected chi connectivity index (χ2v) is 3.55. The van der Waals surface area contributed by atoms with Gasteiger partial charge in [0.2, 0.25) is 0 Å². The molecule has 2 aromatic heterocycles. The first-order valence-corrected chi connectivity index (χ1v) is 5.10. The van der Waals surface area contributed by atoms with E-state index in [0.717, 1.165) is 22.0 Å². The molecular formula is C14H9N2. The molecule has 0 unspecified atom stereocenters. The summed E-state index contributed by atoms with van der Waals surface area (Å²) < 4.78 is 0. The van der Waals surface area contributed by atoms with E-state index in [1.165, 1.54) is 0 Å². The summed E-state index contributed by atoms with van der Waals surface area (Å²) in [5.41, 5.74) is 2.10. The van der Waals surface area contributed by atoms with Crippen molar-refractivity contribution in [3.05, 3.63) is 61.1 Å². The van der Waals surface area contributed by atoms with Crippen LogP contribution in [0, 0.1) is 6.07 Å². The van der Waals surface area contributed by atoms with Crippen LogP contribution in [0.1, 0.15) is 0 Å². The van der Waals surface area contributed by atoms with Crippen LogP contribution in [0.15, 0.2) is 55.0 Å². The Balaban J connectivity index is 2.32. The van der Waals surface area contributed by atoms with Crippen LogP contribution in [0.5, 0.6) is 0 Å². The minimum atomic E-state index is 0.994. The molecule has 0 aliphatic rings. The van der Waals surface area contributed by atoms with Crippen LogP contribution < -0.4 is 0 Å². The molecular weight excluding hydrogens is 196 g/mol. The van der Waals surface area contributed by atoms with Gasteiger partial charge < -0.3 is 0 Å². The van der Waals surface area contributed by atoms with Crippen molar-refractivity contribution in [2.45, 2.75) is 0 Å². The predicted octanol–water partition coefficient (Wildman–Crippen LogP) is 3.10. The van der Waals surface area contributed by atoms with E-state index in [1.807, 2.05) is 48.8 Å². The van der Waals surface area contributed by atoms with Gasteiger partial charge in [-0.2, -0.15) is 0 Å². The molecule has 3 rings (SSSR count). The molecule has 0 aliphatic carbocycles. The highest BCUT2D eigenvalue weighted by molar-refractivity contribution is 5.93. The highest BCUT2D eigenvalue weighted by Crippen LogP contribution is 2.24. The molecule has 0 amide bonds. The molecule has 1 radical (unpaired) electrons. The van der Waals surface area contributed by atoms with Gasteiger partial charge in [0, 0.05) is 34.9 Å². The molecule has 1 aromatic carbocycles. The van der Waals surface area contributed by atoms with Crippen LogP contribution in [0.25, 0.3) is 22.0 Å². The van der Waals surface area contributed by atoms with Gasteiger partial charge in [0.1, 0.15) is 0 Å². The van der Waals surface area contributed by atoms with Gasteiger partial charge in [0.25, 0.3) is 0 Å². The number of hydrogen-bond donors (Lipinski definition) is 0. The lowest BCUT2D eigenvalue weighted by Gasteiger charge is -2.04. The van der Waals surface area contributed by atoms with Crippen LogP contribution in [-0.4, -0.2) is 9.97 Å². The van der Waals surface area contributed by atoms with Crippen molar-refractivity contribution in [2.24, 2.45) is 0 Å². The summed E-state index contributed by atoms with van der Waals surface area (Å²) >= 11 is 0. The van der Waals surface area contributed by atoms with E-state index >= 15 is 0 Å². The van der Waals surface area contributed by atoms with Gasteiger partial charge in [-0.25, -0.2) is 0 Å². The van der Waals surface area contributed by atoms with Crippen LogP contribution in [-0.2, 0) is 0 Å². The summed E-state index contributed by atoms with van der Waals surface area (Å²) in [6.07, 6.45) is 5.47. The molecule has 0 spiro atoms. The zero-order chi connectivity index (χ0) is 10.8. The zero-order valence-electron chi connectivity index (χ0n) is 8.59. The van der Waals surface area contributed by atoms with E-state index in [-0.39, 0.29) is 0 Å². The number of rotatable bonds is 1. The Morgan fingerprint density at radius 2 is 1.81 bits per heavy atom. The van der Waals surface area contributed by atoms with E-state index in [2.05, 4.69) is 16.0 Å². The highest BCUT2D eigenvalue weighted by Gasteiger charge is 2.03. The number of nitrogens with zero attached hydrogens (tertiary/aromatic N) is 2. The lowest BCUT2D eigenvalue weighted by atomic mass is 10.1. The van der Waals surface area contributed by atoms with E-state index in [4.69, 9.17) is 0 Å². The fraction of sp³-hybridized carbons (Fsp3) is 0. The number of benzene rings is 1. The van der Waals surface area contributed by atoms with E-state index in [0.29, 0.717) is 0 Å². The second kappa shape index (κ2) is 3.74. The Labute approximate surface area is 93.6 Å². The first-order valence-electron chi connectivity index (χ1n) is 5.10. The van der Waals surface area contributed by atoms with Crippen molar-refractivity contribution in [1.82, 2.24) is 9.97 Å². The molecule has 0 atom stereocenters.